The number of ether oxygens (including phenoxy) is 2. The minimum absolute atomic E-state index is 0.0767. The molecule has 0 radical (unpaired) electrons. The number of aromatic nitrogens is 6. The molecule has 3 unspecified atom stereocenters. The number of rotatable bonds is 32. The maximum Gasteiger partial charge on any atom is 0.490 e. The van der Waals surface area contributed by atoms with Gasteiger partial charge in [0, 0.05) is 12.1 Å². The summed E-state index contributed by atoms with van der Waals surface area (Å²) in [6.07, 6.45) is 9.59. The monoisotopic (exact) mass is 1410 g/mol. The first-order valence-corrected chi connectivity index (χ1v) is 37.0. The first-order valence-electron chi connectivity index (χ1n) is 28.6. The van der Waals surface area contributed by atoms with E-state index < -0.39 is 111 Å². The van der Waals surface area contributed by atoms with Gasteiger partial charge in [0.2, 0.25) is 5.60 Å². The van der Waals surface area contributed by atoms with Gasteiger partial charge in [-0.15, -0.1) is 0 Å². The van der Waals surface area contributed by atoms with Crippen LogP contribution in [0.25, 0.3) is 15.9 Å². The van der Waals surface area contributed by atoms with Crippen molar-refractivity contribution in [3.63, 3.8) is 0 Å². The number of nitrogens with two attached hydrogens (primary N) is 2. The number of unbranched alkanes of at least 4 members (excludes halogenated alkanes) is 12. The molecule has 91 heavy (non-hydrogen) atoms. The smallest absolute Gasteiger partial charge is 0.386 e. The maximum absolute atomic E-state index is 14.9. The number of nitrogen functional groups attached to an aromatic ring is 2. The summed E-state index contributed by atoms with van der Waals surface area (Å²) in [6, 6.07) is 3.01. The van der Waals surface area contributed by atoms with Gasteiger partial charge in [-0.05, 0) is 0 Å². The molecule has 43 heteroatoms. The summed E-state index contributed by atoms with van der Waals surface area (Å²) < 4.78 is 135. The van der Waals surface area contributed by atoms with Crippen molar-refractivity contribution < 1.29 is 123 Å². The Balaban J connectivity index is 0.000000429. The summed E-state index contributed by atoms with van der Waals surface area (Å²) in [5.74, 6) is -2.26. The zero-order chi connectivity index (χ0) is 69.0. The van der Waals surface area contributed by atoms with Gasteiger partial charge < -0.3 is 51.1 Å². The fraction of sp³-hybridized carbons (Fsp3) is 0.708. The summed E-state index contributed by atoms with van der Waals surface area (Å²) in [4.78, 5) is 57.4. The van der Waals surface area contributed by atoms with Gasteiger partial charge in [0.15, 0.2) is 48.3 Å². The minimum Gasteiger partial charge on any atom is -0.386 e. The van der Waals surface area contributed by atoms with Gasteiger partial charge in [-0.3, -0.25) is 14.1 Å². The molecule has 6 heterocycles. The Morgan fingerprint density at radius 2 is 1.16 bits per heavy atom. The number of fused-ring (bicyclic) bond motifs is 2. The molecule has 0 aliphatic carbocycles. The molecule has 0 bridgehead atoms. The summed E-state index contributed by atoms with van der Waals surface area (Å²) in [5, 5.41) is 72.3. The summed E-state index contributed by atoms with van der Waals surface area (Å²) in [5.41, 5.74) is 5.23. The van der Waals surface area contributed by atoms with Crippen molar-refractivity contribution in [2.75, 3.05) is 37.8 Å². The SMILES string of the molecule is CCCCCCCC.CCCCCCCC.CCCCNP(NCCCC)(OO)(OOO)[P+](=O)[O-].N#C[C@]1(COP(=O)(O)OP(=O)(O)OP(=O)(O)O)O[C@@H](c2cc(F)c3c(N)ncnn23)[C@H](F)[C@@H]1O.[C-]#[N+][C@]1(CO)O[C@@H](c2cc(F)c3c(N)ncnn23)[C@H](F)[C@@H]1O. The van der Waals surface area contributed by atoms with Crippen molar-refractivity contribution in [3.8, 4) is 6.07 Å². The number of nitrogens with one attached hydrogen (secondary N) is 2. The van der Waals surface area contributed by atoms with E-state index >= 15 is 0 Å². The number of aliphatic hydroxyl groups excluding tert-OH is 3. The van der Waals surface area contributed by atoms with Crippen molar-refractivity contribution in [3.05, 3.63) is 59.2 Å². The van der Waals surface area contributed by atoms with Crippen molar-refractivity contribution in [1.29, 1.82) is 5.26 Å². The Bertz CT molecular complexity index is 3100. The molecular formula is C48H83F4N12O22P5. The fourth-order valence-corrected chi connectivity index (χ4v) is 15.2. The van der Waals surface area contributed by atoms with Crippen LogP contribution in [-0.4, -0.2) is 137 Å². The fourth-order valence-electron chi connectivity index (χ4n) is 8.51. The van der Waals surface area contributed by atoms with E-state index in [1.54, 1.807) is 0 Å². The Kier molecular flexibility index (Phi) is 35.1. The molecule has 2 aliphatic rings. The van der Waals surface area contributed by atoms with E-state index in [4.69, 9.17) is 52.7 Å². The number of halogens is 4. The van der Waals surface area contributed by atoms with Crippen LogP contribution in [0, 0.1) is 29.5 Å². The number of nitriles is 1. The first kappa shape index (κ1) is 83.1. The molecular weight excluding hydrogens is 1330 g/mol. The number of hydrogen-bond acceptors (Lipinski definition) is 27. The van der Waals surface area contributed by atoms with Gasteiger partial charge in [0.05, 0.1) is 11.4 Å². The molecule has 520 valence electrons. The van der Waals surface area contributed by atoms with E-state index in [1.807, 2.05) is 13.8 Å². The molecule has 34 nitrogen and oxygen atoms in total. The normalized spacial score (nSPS) is 23.3. The summed E-state index contributed by atoms with van der Waals surface area (Å²) >= 11 is 0. The molecule has 15 N–H and O–H groups in total. The van der Waals surface area contributed by atoms with Crippen LogP contribution >= 0.6 is 38.2 Å². The number of hydrogen-bond donors (Lipinski definition) is 13. The van der Waals surface area contributed by atoms with Gasteiger partial charge in [0.1, 0.15) is 54.7 Å². The van der Waals surface area contributed by atoms with Gasteiger partial charge in [-0.25, -0.2) is 56.8 Å². The zero-order valence-electron chi connectivity index (χ0n) is 50.7. The van der Waals surface area contributed by atoms with E-state index in [0.29, 0.717) is 12.8 Å². The average molecular weight is 1410 g/mol. The maximum atomic E-state index is 14.9. The van der Waals surface area contributed by atoms with Gasteiger partial charge in [-0.2, -0.15) is 24.1 Å². The number of aliphatic hydroxyl groups is 3. The molecule has 2 saturated heterocycles. The average Bonchev–Trinajstić information content (AvgIpc) is 1.70. The Morgan fingerprint density at radius 1 is 0.747 bits per heavy atom. The molecule has 0 saturated carbocycles. The third kappa shape index (κ3) is 22.8. The molecule has 4 aromatic heterocycles. The van der Waals surface area contributed by atoms with E-state index in [9.17, 15) is 66.2 Å². The van der Waals surface area contributed by atoms with E-state index in [0.717, 1.165) is 46.7 Å². The summed E-state index contributed by atoms with van der Waals surface area (Å²) in [7, 11) is -25.6. The van der Waals surface area contributed by atoms with Crippen LogP contribution in [0.3, 0.4) is 0 Å². The Labute approximate surface area is 522 Å². The second-order valence-corrected chi connectivity index (χ2v) is 31.0. The van der Waals surface area contributed by atoms with Gasteiger partial charge in [-0.1, -0.05) is 105 Å². The largest absolute Gasteiger partial charge is 0.490 e. The second kappa shape index (κ2) is 38.5. The topological polar surface area (TPSA) is 512 Å². The van der Waals surface area contributed by atoms with Gasteiger partial charge in [0.25, 0.3) is 0 Å². The van der Waals surface area contributed by atoms with Crippen molar-refractivity contribution in [2.24, 2.45) is 0 Å². The second-order valence-electron chi connectivity index (χ2n) is 20.2. The number of phosphoric acid groups is 3. The predicted octanol–water partition coefficient (Wildman–Crippen LogP) is 8.30. The van der Waals surface area contributed by atoms with Crippen LogP contribution in [0.4, 0.5) is 29.2 Å². The molecule has 2 aliphatic heterocycles. The van der Waals surface area contributed by atoms with Crippen molar-refractivity contribution in [1.82, 2.24) is 39.4 Å². The Morgan fingerprint density at radius 3 is 1.51 bits per heavy atom. The molecule has 0 spiro atoms. The van der Waals surface area contributed by atoms with Crippen LogP contribution in [-0.2, 0) is 55.3 Å². The number of alkyl halides is 2. The predicted molar refractivity (Wildman–Crippen MR) is 316 cm³/mol. The van der Waals surface area contributed by atoms with E-state index in [-0.39, 0.29) is 47.1 Å². The van der Waals surface area contributed by atoms with Crippen LogP contribution in [0.15, 0.2) is 24.8 Å². The van der Waals surface area contributed by atoms with Gasteiger partial charge >= 0.3 is 141 Å². The first-order chi connectivity index (χ1) is 42.8. The molecule has 2 fully saturated rings. The molecule has 6 rings (SSSR count). The van der Waals surface area contributed by atoms with Crippen molar-refractivity contribution >= 4 is 60.9 Å². The van der Waals surface area contributed by atoms with Crippen molar-refractivity contribution in [2.45, 2.75) is 192 Å². The zero-order valence-corrected chi connectivity index (χ0v) is 55.2. The molecule has 0 amide bonds. The number of anilines is 2. The summed E-state index contributed by atoms with van der Waals surface area (Å²) in [6.45, 7) is 17.8. The minimum atomic E-state index is -5.88. The van der Waals surface area contributed by atoms with E-state index in [1.165, 1.54) is 83.1 Å². The quantitative estimate of drug-likeness (QED) is 0.00545. The third-order valence-electron chi connectivity index (χ3n) is 13.3. The molecule has 4 aromatic rings. The number of phosphoric ester groups is 1. The van der Waals surface area contributed by atoms with Crippen LogP contribution < -0.4 is 26.5 Å². The van der Waals surface area contributed by atoms with Crippen LogP contribution in [0.1, 0.15) is 168 Å². The molecule has 0 aromatic carbocycles. The van der Waals surface area contributed by atoms with Crippen LogP contribution in [0.2, 0.25) is 0 Å². The standard InChI is InChI=1S/C12H14F2N5O12P3.C12H11F2N5O3.C8H22N2O7P2.2C8H18/c13-5-1-6(19-8(5)11(16)17-4-18-19)9-7(14)10(20)12(2-15,29-9)3-28-33(24,25)31-34(26,27)30-32(21,22)23;1-16-12(3-20)10(21)7(14)9(22-12)6-2-5(13)8-11(15)17-4-18-19(6)8;1-3-5-7-9-19(16-12,17-15-11,18(13)14)10-8-6-4-2;2*1-3-5-7-8-6-4-2/h1,4,7,9-10,20H,3H2,(H,24,25)(H,26,27)(H2,16,17,18)(H2,21,22,23);2,4,7,9-10,20-21H,3H2,(H2,15,17,18);9-12H,3-8H2,1-2H3;2*3-8H2,1-2H3/t2*7-,9-,10-,12+;;;/m00.../s1. The molecule has 11 atom stereocenters. The third-order valence-corrected chi connectivity index (χ3v) is 23.0. The van der Waals surface area contributed by atoms with E-state index in [2.05, 4.69) is 90.4 Å². The number of nitrogens with zero attached hydrogens (tertiary/aromatic N) is 8. The Hall–Kier alpha value is -4.04. The van der Waals surface area contributed by atoms with Crippen LogP contribution in [0.5, 0.6) is 0 Å².